The van der Waals surface area contributed by atoms with Crippen LogP contribution in [0.15, 0.2) is 0 Å². The second-order valence-corrected chi connectivity index (χ2v) is 11.8. The first kappa shape index (κ1) is 44.5. The molecule has 6 unspecified atom stereocenters. The number of unbranched alkanes of at least 4 members (excludes halogenated alkanes) is 11. The molecule has 0 bridgehead atoms. The zero-order valence-electron chi connectivity index (χ0n) is 27.7. The van der Waals surface area contributed by atoms with Gasteiger partial charge >= 0.3 is 0 Å². The first-order chi connectivity index (χ1) is 21.8. The summed E-state index contributed by atoms with van der Waals surface area (Å²) in [5, 5.41) is 67.3. The lowest BCUT2D eigenvalue weighted by molar-refractivity contribution is -0.0849. The number of aliphatic hydroxyl groups is 7. The number of hydrogen-bond acceptors (Lipinski definition) is 13. The summed E-state index contributed by atoms with van der Waals surface area (Å²) in [5.74, 6) is 0. The molecule has 0 aromatic rings. The minimum Gasteiger partial charge on any atom is -0.394 e. The molecular formula is C32H66O13. The molecule has 0 aromatic carbocycles. The highest BCUT2D eigenvalue weighted by molar-refractivity contribution is 4.60. The molecule has 6 atom stereocenters. The average Bonchev–Trinajstić information content (AvgIpc) is 3.01. The summed E-state index contributed by atoms with van der Waals surface area (Å²) >= 11 is 0. The highest BCUT2D eigenvalue weighted by Gasteiger charge is 2.13. The van der Waals surface area contributed by atoms with E-state index in [1.165, 1.54) is 64.2 Å². The molecule has 0 heterocycles. The molecule has 0 aliphatic rings. The van der Waals surface area contributed by atoms with Gasteiger partial charge < -0.3 is 64.2 Å². The quantitative estimate of drug-likeness (QED) is 0.0470. The molecule has 272 valence electrons. The van der Waals surface area contributed by atoms with E-state index in [4.69, 9.17) is 38.6 Å². The Hall–Kier alpha value is -0.520. The number of hydrogen-bond donors (Lipinski definition) is 7. The molecule has 0 aliphatic heterocycles. The third kappa shape index (κ3) is 33.2. The maximum absolute atomic E-state index is 9.98. The highest BCUT2D eigenvalue weighted by atomic mass is 16.5. The largest absolute Gasteiger partial charge is 0.394 e. The summed E-state index contributed by atoms with van der Waals surface area (Å²) in [6, 6.07) is 0. The molecule has 0 saturated carbocycles. The Morgan fingerprint density at radius 2 is 0.578 bits per heavy atom. The molecule has 0 spiro atoms. The normalized spacial score (nSPS) is 16.0. The highest BCUT2D eigenvalue weighted by Crippen LogP contribution is 2.12. The van der Waals surface area contributed by atoms with Crippen molar-refractivity contribution >= 4 is 0 Å². The van der Waals surface area contributed by atoms with Gasteiger partial charge in [0.05, 0.1) is 79.3 Å². The van der Waals surface area contributed by atoms with E-state index in [-0.39, 0.29) is 72.7 Å². The fourth-order valence-corrected chi connectivity index (χ4v) is 4.26. The van der Waals surface area contributed by atoms with E-state index in [0.29, 0.717) is 6.61 Å². The number of aliphatic hydroxyl groups excluding tert-OH is 7. The summed E-state index contributed by atoms with van der Waals surface area (Å²) in [4.78, 5) is 0. The van der Waals surface area contributed by atoms with Crippen LogP contribution in [0.3, 0.4) is 0 Å². The minimum atomic E-state index is -1.01. The molecule has 0 rings (SSSR count). The van der Waals surface area contributed by atoms with Crippen LogP contribution >= 0.6 is 0 Å². The molecule has 0 aromatic heterocycles. The van der Waals surface area contributed by atoms with Crippen LogP contribution in [-0.2, 0) is 28.4 Å². The van der Waals surface area contributed by atoms with E-state index in [2.05, 4.69) is 6.92 Å². The summed E-state index contributed by atoms with van der Waals surface area (Å²) in [5.41, 5.74) is 0. The van der Waals surface area contributed by atoms with Gasteiger partial charge in [-0.3, -0.25) is 0 Å². The van der Waals surface area contributed by atoms with Crippen LogP contribution in [-0.4, -0.2) is 158 Å². The molecular weight excluding hydrogens is 592 g/mol. The maximum atomic E-state index is 9.98. The summed E-state index contributed by atoms with van der Waals surface area (Å²) in [6.07, 6.45) is 9.81. The van der Waals surface area contributed by atoms with E-state index in [1.54, 1.807) is 0 Å². The van der Waals surface area contributed by atoms with Gasteiger partial charge in [0, 0.05) is 6.61 Å². The van der Waals surface area contributed by atoms with Crippen molar-refractivity contribution in [1.29, 1.82) is 0 Å². The van der Waals surface area contributed by atoms with Crippen molar-refractivity contribution in [3.8, 4) is 0 Å². The van der Waals surface area contributed by atoms with Crippen LogP contribution in [0.4, 0.5) is 0 Å². The molecule has 13 nitrogen and oxygen atoms in total. The van der Waals surface area contributed by atoms with Gasteiger partial charge in [-0.2, -0.15) is 0 Å². The Labute approximate surface area is 270 Å². The first-order valence-corrected chi connectivity index (χ1v) is 16.9. The predicted octanol–water partition coefficient (Wildman–Crippen LogP) is 0.945. The summed E-state index contributed by atoms with van der Waals surface area (Å²) < 4.78 is 31.5. The van der Waals surface area contributed by atoms with Crippen LogP contribution in [0.1, 0.15) is 84.0 Å². The van der Waals surface area contributed by atoms with Crippen LogP contribution in [0.25, 0.3) is 0 Å². The number of rotatable bonds is 36. The molecule has 0 aliphatic carbocycles. The molecule has 0 fully saturated rings. The van der Waals surface area contributed by atoms with Crippen molar-refractivity contribution in [2.75, 3.05) is 85.9 Å². The van der Waals surface area contributed by atoms with Crippen molar-refractivity contribution in [1.82, 2.24) is 0 Å². The monoisotopic (exact) mass is 658 g/mol. The molecule has 7 N–H and O–H groups in total. The van der Waals surface area contributed by atoms with Crippen LogP contribution < -0.4 is 0 Å². The van der Waals surface area contributed by atoms with E-state index in [0.717, 1.165) is 12.8 Å². The van der Waals surface area contributed by atoms with Crippen molar-refractivity contribution in [2.45, 2.75) is 121 Å². The molecule has 0 radical (unpaired) electrons. The predicted molar refractivity (Wildman–Crippen MR) is 169 cm³/mol. The Balaban J connectivity index is 3.53. The van der Waals surface area contributed by atoms with Crippen molar-refractivity contribution in [2.24, 2.45) is 0 Å². The fourth-order valence-electron chi connectivity index (χ4n) is 4.26. The molecule has 0 saturated heterocycles. The Morgan fingerprint density at radius 1 is 0.333 bits per heavy atom. The minimum absolute atomic E-state index is 0.0278. The molecule has 0 amide bonds. The Morgan fingerprint density at radius 3 is 0.867 bits per heavy atom. The molecule has 13 heteroatoms. The second kappa shape index (κ2) is 33.4. The second-order valence-electron chi connectivity index (χ2n) is 11.8. The lowest BCUT2D eigenvalue weighted by Crippen LogP contribution is -2.31. The molecule has 45 heavy (non-hydrogen) atoms. The van der Waals surface area contributed by atoms with Gasteiger partial charge in [0.25, 0.3) is 0 Å². The van der Waals surface area contributed by atoms with Crippen molar-refractivity contribution < 1.29 is 64.2 Å². The summed E-state index contributed by atoms with van der Waals surface area (Å²) in [6.45, 7) is 1.88. The van der Waals surface area contributed by atoms with Gasteiger partial charge in [-0.1, -0.05) is 77.6 Å². The first-order valence-electron chi connectivity index (χ1n) is 16.9. The van der Waals surface area contributed by atoms with E-state index in [9.17, 15) is 25.5 Å². The SMILES string of the molecule is CCCCCCCCCCCCCCOCC(O)COCC(O)COCC(O)COCC(O)COCC(O)COCC(O)CO. The van der Waals surface area contributed by atoms with Gasteiger partial charge in [0.15, 0.2) is 0 Å². The standard InChI is InChI=1S/C32H66O13/c1-2-3-4-5-6-7-8-9-10-11-12-13-14-40-17-28(35)18-42-21-30(37)22-44-25-32(39)26-45-24-31(38)23-43-20-29(36)19-41-16-27(34)15-33/h27-39H,2-26H2,1H3. The van der Waals surface area contributed by atoms with Gasteiger partial charge in [0.1, 0.15) is 36.6 Å². The van der Waals surface area contributed by atoms with Gasteiger partial charge in [-0.05, 0) is 6.42 Å². The number of ether oxygens (including phenoxy) is 6. The fraction of sp³-hybridized carbons (Fsp3) is 1.00. The lowest BCUT2D eigenvalue weighted by Gasteiger charge is -2.17. The van der Waals surface area contributed by atoms with Gasteiger partial charge in [-0.15, -0.1) is 0 Å². The van der Waals surface area contributed by atoms with Crippen LogP contribution in [0.2, 0.25) is 0 Å². The van der Waals surface area contributed by atoms with E-state index >= 15 is 0 Å². The summed E-state index contributed by atoms with van der Waals surface area (Å²) in [7, 11) is 0. The smallest absolute Gasteiger partial charge is 0.101 e. The zero-order chi connectivity index (χ0) is 33.4. The van der Waals surface area contributed by atoms with Crippen molar-refractivity contribution in [3.63, 3.8) is 0 Å². The van der Waals surface area contributed by atoms with Gasteiger partial charge in [0.2, 0.25) is 0 Å². The van der Waals surface area contributed by atoms with Crippen LogP contribution in [0, 0.1) is 0 Å². The van der Waals surface area contributed by atoms with E-state index < -0.39 is 43.2 Å². The van der Waals surface area contributed by atoms with Crippen LogP contribution in [0.5, 0.6) is 0 Å². The maximum Gasteiger partial charge on any atom is 0.101 e. The van der Waals surface area contributed by atoms with E-state index in [1.807, 2.05) is 0 Å². The topological polar surface area (TPSA) is 197 Å². The lowest BCUT2D eigenvalue weighted by atomic mass is 10.1. The Kier molecular flexibility index (Phi) is 33.0. The van der Waals surface area contributed by atoms with Crippen molar-refractivity contribution in [3.05, 3.63) is 0 Å². The Bertz CT molecular complexity index is 589. The third-order valence-corrected chi connectivity index (χ3v) is 6.77. The zero-order valence-corrected chi connectivity index (χ0v) is 27.7. The average molecular weight is 659 g/mol. The van der Waals surface area contributed by atoms with Gasteiger partial charge in [-0.25, -0.2) is 0 Å². The third-order valence-electron chi connectivity index (χ3n) is 6.77.